The number of oxazole rings is 1. The molecule has 2 aliphatic rings. The van der Waals surface area contributed by atoms with Crippen LogP contribution in [0.15, 0.2) is 34.9 Å². The summed E-state index contributed by atoms with van der Waals surface area (Å²) in [4.78, 5) is 16.2. The molecule has 24 heavy (non-hydrogen) atoms. The van der Waals surface area contributed by atoms with Crippen molar-refractivity contribution in [1.82, 2.24) is 4.98 Å². The van der Waals surface area contributed by atoms with Crippen molar-refractivity contribution in [3.05, 3.63) is 41.4 Å². The number of nitrogens with zero attached hydrogens (tertiary/aromatic N) is 1. The molecule has 2 fully saturated rings. The standard InChI is InChI=1S/C19H20ClNO3/c20-16-5-3-13(4-6-16)17-10-21-18(24-17)11-23-19(22)9-15-8-12-1-2-14(15)7-12/h3-6,10,12,14-15H,1-2,7-9,11H2/t12-,14-,15+/m1/s1. The lowest BCUT2D eigenvalue weighted by atomic mass is 9.86. The third kappa shape index (κ3) is 3.34. The summed E-state index contributed by atoms with van der Waals surface area (Å²) in [5.74, 6) is 3.03. The average Bonchev–Trinajstić information content (AvgIpc) is 3.30. The van der Waals surface area contributed by atoms with Crippen LogP contribution >= 0.6 is 11.6 Å². The quantitative estimate of drug-likeness (QED) is 0.726. The highest BCUT2D eigenvalue weighted by Crippen LogP contribution is 2.49. The first-order chi connectivity index (χ1) is 11.7. The van der Waals surface area contributed by atoms with Crippen LogP contribution in [-0.4, -0.2) is 11.0 Å². The van der Waals surface area contributed by atoms with E-state index in [1.807, 2.05) is 12.1 Å². The summed E-state index contributed by atoms with van der Waals surface area (Å²) in [5, 5.41) is 0.674. The van der Waals surface area contributed by atoms with Crippen molar-refractivity contribution in [2.45, 2.75) is 38.7 Å². The molecule has 2 bridgehead atoms. The number of hydrogen-bond donors (Lipinski definition) is 0. The van der Waals surface area contributed by atoms with Gasteiger partial charge in [-0.2, -0.15) is 0 Å². The molecular formula is C19H20ClNO3. The largest absolute Gasteiger partial charge is 0.456 e. The highest BCUT2D eigenvalue weighted by atomic mass is 35.5. The van der Waals surface area contributed by atoms with Crippen molar-refractivity contribution in [3.63, 3.8) is 0 Å². The van der Waals surface area contributed by atoms with Crippen molar-refractivity contribution < 1.29 is 13.9 Å². The van der Waals surface area contributed by atoms with Gasteiger partial charge in [0, 0.05) is 17.0 Å². The van der Waals surface area contributed by atoms with Gasteiger partial charge in [-0.1, -0.05) is 18.0 Å². The molecule has 0 spiro atoms. The number of rotatable bonds is 5. The van der Waals surface area contributed by atoms with Crippen LogP contribution in [0.4, 0.5) is 0 Å². The molecule has 1 aromatic heterocycles. The fraction of sp³-hybridized carbons (Fsp3) is 0.474. The lowest BCUT2D eigenvalue weighted by Gasteiger charge is -2.20. The van der Waals surface area contributed by atoms with Crippen LogP contribution in [0.5, 0.6) is 0 Å². The average molecular weight is 346 g/mol. The van der Waals surface area contributed by atoms with Crippen LogP contribution in [0.3, 0.4) is 0 Å². The summed E-state index contributed by atoms with van der Waals surface area (Å²) in [6.07, 6.45) is 7.31. The van der Waals surface area contributed by atoms with Crippen molar-refractivity contribution >= 4 is 17.6 Å². The Balaban J connectivity index is 1.30. The topological polar surface area (TPSA) is 52.3 Å². The van der Waals surface area contributed by atoms with Gasteiger partial charge in [0.15, 0.2) is 12.4 Å². The predicted octanol–water partition coefficient (Wildman–Crippen LogP) is 4.86. The van der Waals surface area contributed by atoms with Crippen LogP contribution in [-0.2, 0) is 16.1 Å². The predicted molar refractivity (Wildman–Crippen MR) is 90.3 cm³/mol. The Kier molecular flexibility index (Phi) is 4.31. The monoisotopic (exact) mass is 345 g/mol. The van der Waals surface area contributed by atoms with E-state index in [-0.39, 0.29) is 12.6 Å². The van der Waals surface area contributed by atoms with Gasteiger partial charge >= 0.3 is 5.97 Å². The number of benzene rings is 1. The summed E-state index contributed by atoms with van der Waals surface area (Å²) < 4.78 is 11.0. The Bertz CT molecular complexity index is 724. The number of fused-ring (bicyclic) bond motifs is 2. The minimum Gasteiger partial charge on any atom is -0.456 e. The Labute approximate surface area is 146 Å². The van der Waals surface area contributed by atoms with E-state index >= 15 is 0 Å². The zero-order chi connectivity index (χ0) is 16.5. The van der Waals surface area contributed by atoms with Crippen LogP contribution < -0.4 is 0 Å². The molecule has 0 unspecified atom stereocenters. The molecule has 2 saturated carbocycles. The van der Waals surface area contributed by atoms with E-state index in [9.17, 15) is 4.79 Å². The summed E-state index contributed by atoms with van der Waals surface area (Å²) in [6, 6.07) is 7.34. The molecule has 1 heterocycles. The van der Waals surface area contributed by atoms with E-state index in [0.29, 0.717) is 29.0 Å². The minimum absolute atomic E-state index is 0.0905. The second-order valence-electron chi connectivity index (χ2n) is 6.92. The fourth-order valence-corrected chi connectivity index (χ4v) is 4.29. The molecule has 2 aliphatic carbocycles. The molecular weight excluding hydrogens is 326 g/mol. The number of halogens is 1. The molecule has 126 valence electrons. The summed E-state index contributed by atoms with van der Waals surface area (Å²) in [6.45, 7) is 0.0905. The van der Waals surface area contributed by atoms with Gasteiger partial charge in [0.2, 0.25) is 5.89 Å². The van der Waals surface area contributed by atoms with E-state index in [0.717, 1.165) is 17.4 Å². The lowest BCUT2D eigenvalue weighted by Crippen LogP contribution is -2.16. The first-order valence-corrected chi connectivity index (χ1v) is 8.91. The van der Waals surface area contributed by atoms with E-state index in [1.54, 1.807) is 18.3 Å². The first-order valence-electron chi connectivity index (χ1n) is 8.53. The molecule has 1 aromatic carbocycles. The summed E-state index contributed by atoms with van der Waals surface area (Å²) in [7, 11) is 0. The minimum atomic E-state index is -0.140. The van der Waals surface area contributed by atoms with Gasteiger partial charge in [-0.25, -0.2) is 4.98 Å². The van der Waals surface area contributed by atoms with E-state index < -0.39 is 0 Å². The van der Waals surface area contributed by atoms with Gasteiger partial charge < -0.3 is 9.15 Å². The molecule has 5 heteroatoms. The third-order valence-electron chi connectivity index (χ3n) is 5.35. The van der Waals surface area contributed by atoms with Gasteiger partial charge in [-0.05, 0) is 61.3 Å². The van der Waals surface area contributed by atoms with Gasteiger partial charge in [0.05, 0.1) is 6.20 Å². The molecule has 2 aromatic rings. The van der Waals surface area contributed by atoms with Gasteiger partial charge in [0.25, 0.3) is 0 Å². The van der Waals surface area contributed by atoms with E-state index in [1.165, 1.54) is 25.7 Å². The number of esters is 1. The third-order valence-corrected chi connectivity index (χ3v) is 5.60. The Morgan fingerprint density at radius 2 is 2.08 bits per heavy atom. The normalized spacial score (nSPS) is 25.1. The SMILES string of the molecule is O=C(C[C@@H]1C[C@@H]2CC[C@@H]1C2)OCc1ncc(-c2ccc(Cl)cc2)o1. The molecule has 3 atom stereocenters. The van der Waals surface area contributed by atoms with Crippen LogP contribution in [0.2, 0.25) is 5.02 Å². The van der Waals surface area contributed by atoms with Crippen LogP contribution in [0.25, 0.3) is 11.3 Å². The highest BCUT2D eigenvalue weighted by molar-refractivity contribution is 6.30. The maximum absolute atomic E-state index is 12.1. The molecule has 0 N–H and O–H groups in total. The first kappa shape index (κ1) is 15.7. The number of carbonyl (C=O) groups excluding carboxylic acids is 1. The molecule has 4 nitrogen and oxygen atoms in total. The smallest absolute Gasteiger partial charge is 0.306 e. The molecule has 0 saturated heterocycles. The van der Waals surface area contributed by atoms with E-state index in [4.69, 9.17) is 20.8 Å². The summed E-state index contributed by atoms with van der Waals surface area (Å²) in [5.41, 5.74) is 0.895. The lowest BCUT2D eigenvalue weighted by molar-refractivity contribution is -0.147. The number of ether oxygens (including phenoxy) is 1. The Hall–Kier alpha value is -1.81. The van der Waals surface area contributed by atoms with Crippen molar-refractivity contribution in [2.75, 3.05) is 0 Å². The number of hydrogen-bond acceptors (Lipinski definition) is 4. The zero-order valence-corrected chi connectivity index (χ0v) is 14.2. The Morgan fingerprint density at radius 1 is 1.25 bits per heavy atom. The highest BCUT2D eigenvalue weighted by Gasteiger charge is 2.40. The van der Waals surface area contributed by atoms with Gasteiger partial charge in [-0.15, -0.1) is 0 Å². The fourth-order valence-electron chi connectivity index (χ4n) is 4.17. The molecule has 0 amide bonds. The number of carbonyl (C=O) groups is 1. The van der Waals surface area contributed by atoms with E-state index in [2.05, 4.69) is 4.98 Å². The Morgan fingerprint density at radius 3 is 2.79 bits per heavy atom. The molecule has 4 rings (SSSR count). The van der Waals surface area contributed by atoms with Crippen molar-refractivity contribution in [1.29, 1.82) is 0 Å². The number of aromatic nitrogens is 1. The van der Waals surface area contributed by atoms with Gasteiger partial charge in [0.1, 0.15) is 0 Å². The molecule has 0 aliphatic heterocycles. The zero-order valence-electron chi connectivity index (χ0n) is 13.4. The van der Waals surface area contributed by atoms with Crippen LogP contribution in [0.1, 0.15) is 38.0 Å². The van der Waals surface area contributed by atoms with Crippen molar-refractivity contribution in [2.24, 2.45) is 17.8 Å². The summed E-state index contributed by atoms with van der Waals surface area (Å²) >= 11 is 5.88. The van der Waals surface area contributed by atoms with Crippen molar-refractivity contribution in [3.8, 4) is 11.3 Å². The van der Waals surface area contributed by atoms with Gasteiger partial charge in [-0.3, -0.25) is 4.79 Å². The molecule has 0 radical (unpaired) electrons. The second kappa shape index (κ2) is 6.60. The second-order valence-corrected chi connectivity index (χ2v) is 7.36. The maximum Gasteiger partial charge on any atom is 0.306 e. The van der Waals surface area contributed by atoms with Crippen LogP contribution in [0, 0.1) is 17.8 Å². The maximum atomic E-state index is 12.1.